The van der Waals surface area contributed by atoms with Gasteiger partial charge in [0.15, 0.2) is 0 Å². The first kappa shape index (κ1) is 15.4. The lowest BCUT2D eigenvalue weighted by atomic mass is 9.86. The van der Waals surface area contributed by atoms with Gasteiger partial charge in [0.25, 0.3) is 0 Å². The van der Waals surface area contributed by atoms with Crippen molar-refractivity contribution < 1.29 is 4.39 Å². The van der Waals surface area contributed by atoms with Crippen LogP contribution < -0.4 is 5.73 Å². The van der Waals surface area contributed by atoms with Gasteiger partial charge in [-0.1, -0.05) is 26.1 Å². The van der Waals surface area contributed by atoms with Crippen LogP contribution in [0.2, 0.25) is 0 Å². The zero-order valence-corrected chi connectivity index (χ0v) is 13.0. The van der Waals surface area contributed by atoms with Gasteiger partial charge < -0.3 is 5.73 Å². The molecule has 110 valence electrons. The van der Waals surface area contributed by atoms with Crippen molar-refractivity contribution in [2.24, 2.45) is 17.6 Å². The molecule has 2 N–H and O–H groups in total. The molecule has 0 atom stereocenters. The Hall–Kier alpha value is -1.00. The van der Waals surface area contributed by atoms with Crippen LogP contribution in [0, 0.1) is 17.7 Å². The van der Waals surface area contributed by atoms with E-state index in [0.717, 1.165) is 30.5 Å². The third-order valence-electron chi connectivity index (χ3n) is 4.30. The third kappa shape index (κ3) is 3.76. The van der Waals surface area contributed by atoms with Crippen molar-refractivity contribution >= 4 is 17.2 Å². The molecule has 1 aromatic rings. The number of hydrogen-bond donors (Lipinski definition) is 1. The molecule has 0 amide bonds. The highest BCUT2D eigenvalue weighted by Gasteiger charge is 2.22. The maximum atomic E-state index is 13.9. The van der Waals surface area contributed by atoms with Gasteiger partial charge in [-0.15, -0.1) is 0 Å². The van der Waals surface area contributed by atoms with Crippen molar-refractivity contribution in [1.29, 1.82) is 0 Å². The fourth-order valence-electron chi connectivity index (χ4n) is 2.87. The SMILES string of the molecule is CC(C)C1CCN(Cc2cc(C(N)=S)ccc2F)CC1. The Morgan fingerprint density at radius 1 is 1.40 bits per heavy atom. The lowest BCUT2D eigenvalue weighted by Gasteiger charge is -2.34. The van der Waals surface area contributed by atoms with E-state index in [0.29, 0.717) is 17.1 Å². The number of halogens is 1. The van der Waals surface area contributed by atoms with E-state index in [4.69, 9.17) is 18.0 Å². The number of likely N-dealkylation sites (tertiary alicyclic amines) is 1. The van der Waals surface area contributed by atoms with Crippen LogP contribution in [-0.2, 0) is 6.54 Å². The number of rotatable bonds is 4. The van der Waals surface area contributed by atoms with Gasteiger partial charge in [-0.2, -0.15) is 0 Å². The molecule has 0 unspecified atom stereocenters. The minimum absolute atomic E-state index is 0.170. The van der Waals surface area contributed by atoms with Crippen molar-refractivity contribution in [3.63, 3.8) is 0 Å². The first-order chi connectivity index (χ1) is 9.47. The Bertz CT molecular complexity index is 479. The van der Waals surface area contributed by atoms with Gasteiger partial charge in [0.05, 0.1) is 0 Å². The summed E-state index contributed by atoms with van der Waals surface area (Å²) in [5, 5.41) is 0. The highest BCUT2D eigenvalue weighted by Crippen LogP contribution is 2.25. The second-order valence-corrected chi connectivity index (χ2v) is 6.47. The van der Waals surface area contributed by atoms with Crippen LogP contribution in [-0.4, -0.2) is 23.0 Å². The summed E-state index contributed by atoms with van der Waals surface area (Å²) in [4.78, 5) is 2.64. The highest BCUT2D eigenvalue weighted by atomic mass is 32.1. The fourth-order valence-corrected chi connectivity index (χ4v) is 2.99. The van der Waals surface area contributed by atoms with Crippen LogP contribution in [0.4, 0.5) is 4.39 Å². The fraction of sp³-hybridized carbons (Fsp3) is 0.562. The smallest absolute Gasteiger partial charge is 0.127 e. The predicted octanol–water partition coefficient (Wildman–Crippen LogP) is 3.33. The number of piperidine rings is 1. The number of benzene rings is 1. The lowest BCUT2D eigenvalue weighted by molar-refractivity contribution is 0.150. The second kappa shape index (κ2) is 6.64. The molecule has 1 fully saturated rings. The van der Waals surface area contributed by atoms with Crippen molar-refractivity contribution in [2.75, 3.05) is 13.1 Å². The summed E-state index contributed by atoms with van der Waals surface area (Å²) >= 11 is 4.96. The first-order valence-corrected chi connectivity index (χ1v) is 7.68. The molecule has 2 nitrogen and oxygen atoms in total. The summed E-state index contributed by atoms with van der Waals surface area (Å²) in [5.74, 6) is 1.38. The van der Waals surface area contributed by atoms with E-state index in [2.05, 4.69) is 18.7 Å². The van der Waals surface area contributed by atoms with Crippen molar-refractivity contribution in [3.05, 3.63) is 35.1 Å². The van der Waals surface area contributed by atoms with Gasteiger partial charge in [0, 0.05) is 17.7 Å². The molecular formula is C16H23FN2S. The van der Waals surface area contributed by atoms with E-state index < -0.39 is 0 Å². The van der Waals surface area contributed by atoms with Crippen LogP contribution in [0.3, 0.4) is 0 Å². The van der Waals surface area contributed by atoms with Crippen LogP contribution in [0.5, 0.6) is 0 Å². The molecule has 0 aromatic heterocycles. The maximum Gasteiger partial charge on any atom is 0.127 e. The van der Waals surface area contributed by atoms with Crippen LogP contribution >= 0.6 is 12.2 Å². The third-order valence-corrected chi connectivity index (χ3v) is 4.53. The molecule has 1 aromatic carbocycles. The zero-order chi connectivity index (χ0) is 14.7. The van der Waals surface area contributed by atoms with Crippen LogP contribution in [0.25, 0.3) is 0 Å². The van der Waals surface area contributed by atoms with Gasteiger partial charge in [-0.25, -0.2) is 4.39 Å². The van der Waals surface area contributed by atoms with Gasteiger partial charge in [0.2, 0.25) is 0 Å². The summed E-state index contributed by atoms with van der Waals surface area (Å²) in [6, 6.07) is 4.89. The van der Waals surface area contributed by atoms with E-state index in [1.807, 2.05) is 0 Å². The van der Waals surface area contributed by atoms with E-state index in [-0.39, 0.29) is 5.82 Å². The van der Waals surface area contributed by atoms with E-state index in [9.17, 15) is 4.39 Å². The summed E-state index contributed by atoms with van der Waals surface area (Å²) in [5.41, 5.74) is 7.05. The quantitative estimate of drug-likeness (QED) is 0.864. The Kier molecular flexibility index (Phi) is 5.11. The molecule has 1 aliphatic rings. The van der Waals surface area contributed by atoms with Crippen molar-refractivity contribution in [2.45, 2.75) is 33.2 Å². The number of thiocarbonyl (C=S) groups is 1. The molecule has 0 bridgehead atoms. The number of nitrogens with two attached hydrogens (primary N) is 1. The molecule has 0 aliphatic carbocycles. The number of hydrogen-bond acceptors (Lipinski definition) is 2. The first-order valence-electron chi connectivity index (χ1n) is 7.28. The maximum absolute atomic E-state index is 13.9. The Balaban J connectivity index is 2.00. The molecule has 2 rings (SSSR count). The zero-order valence-electron chi connectivity index (χ0n) is 12.2. The minimum Gasteiger partial charge on any atom is -0.389 e. The standard InChI is InChI=1S/C16H23FN2S/c1-11(2)12-5-7-19(8-6-12)10-14-9-13(16(18)20)3-4-15(14)17/h3-4,9,11-12H,5-8,10H2,1-2H3,(H2,18,20). The molecule has 0 radical (unpaired) electrons. The van der Waals surface area contributed by atoms with E-state index >= 15 is 0 Å². The average Bonchev–Trinajstić information content (AvgIpc) is 2.41. The van der Waals surface area contributed by atoms with E-state index in [1.165, 1.54) is 18.9 Å². The molecule has 20 heavy (non-hydrogen) atoms. The minimum atomic E-state index is -0.170. The normalized spacial score (nSPS) is 17.6. The van der Waals surface area contributed by atoms with Crippen molar-refractivity contribution in [3.8, 4) is 0 Å². The Morgan fingerprint density at radius 3 is 2.60 bits per heavy atom. The topological polar surface area (TPSA) is 29.3 Å². The van der Waals surface area contributed by atoms with Crippen LogP contribution in [0.1, 0.15) is 37.8 Å². The molecular weight excluding hydrogens is 271 g/mol. The van der Waals surface area contributed by atoms with Crippen molar-refractivity contribution in [1.82, 2.24) is 4.90 Å². The van der Waals surface area contributed by atoms with E-state index in [1.54, 1.807) is 12.1 Å². The predicted molar refractivity (Wildman–Crippen MR) is 85.1 cm³/mol. The molecule has 0 spiro atoms. The molecule has 1 saturated heterocycles. The summed E-state index contributed by atoms with van der Waals surface area (Å²) in [6.45, 7) is 7.30. The molecule has 4 heteroatoms. The summed E-state index contributed by atoms with van der Waals surface area (Å²) < 4.78 is 13.9. The Morgan fingerprint density at radius 2 is 2.05 bits per heavy atom. The molecule has 1 aliphatic heterocycles. The monoisotopic (exact) mass is 294 g/mol. The second-order valence-electron chi connectivity index (χ2n) is 6.03. The van der Waals surface area contributed by atoms with Crippen LogP contribution in [0.15, 0.2) is 18.2 Å². The molecule has 0 saturated carbocycles. The van der Waals surface area contributed by atoms with Gasteiger partial charge in [-0.05, 0) is 56.0 Å². The summed E-state index contributed by atoms with van der Waals surface area (Å²) in [7, 11) is 0. The largest absolute Gasteiger partial charge is 0.389 e. The molecule has 1 heterocycles. The summed E-state index contributed by atoms with van der Waals surface area (Å²) in [6.07, 6.45) is 2.41. The average molecular weight is 294 g/mol. The van der Waals surface area contributed by atoms with Gasteiger partial charge >= 0.3 is 0 Å². The van der Waals surface area contributed by atoms with Gasteiger partial charge in [-0.3, -0.25) is 4.90 Å². The Labute approximate surface area is 126 Å². The lowest BCUT2D eigenvalue weighted by Crippen LogP contribution is -2.35. The van der Waals surface area contributed by atoms with Gasteiger partial charge in [0.1, 0.15) is 10.8 Å². The highest BCUT2D eigenvalue weighted by molar-refractivity contribution is 7.80. The number of nitrogens with zero attached hydrogens (tertiary/aromatic N) is 1.